The summed E-state index contributed by atoms with van der Waals surface area (Å²) >= 11 is 0. The molecule has 1 aromatic heterocycles. The standard InChI is InChI=1S/C25H21N3O2/c29-25(21-12-4-5-13-23(21)30-20-10-2-1-3-11-20)27-19-9-6-8-18(16-19)22-17-26-24-14-7-15-28(22)24/h1-6,8-13,16-17H,7,14-15H2,(H,27,29). The van der Waals surface area contributed by atoms with E-state index in [1.54, 1.807) is 12.1 Å². The van der Waals surface area contributed by atoms with Crippen LogP contribution >= 0.6 is 0 Å². The Bertz CT molecular complexity index is 1200. The Labute approximate surface area is 175 Å². The predicted octanol–water partition coefficient (Wildman–Crippen LogP) is 5.54. The number of carbonyl (C=O) groups excluding carboxylic acids is 1. The van der Waals surface area contributed by atoms with Crippen LogP contribution in [0.4, 0.5) is 5.69 Å². The first-order valence-electron chi connectivity index (χ1n) is 10.1. The molecule has 5 heteroatoms. The van der Waals surface area contributed by atoms with E-state index < -0.39 is 0 Å². The number of anilines is 1. The Morgan fingerprint density at radius 3 is 2.70 bits per heavy atom. The summed E-state index contributed by atoms with van der Waals surface area (Å²) in [6.07, 6.45) is 4.07. The molecule has 1 aliphatic rings. The molecule has 4 aromatic rings. The molecule has 0 radical (unpaired) electrons. The van der Waals surface area contributed by atoms with E-state index in [4.69, 9.17) is 4.74 Å². The molecule has 0 atom stereocenters. The van der Waals surface area contributed by atoms with Gasteiger partial charge in [-0.05, 0) is 42.8 Å². The minimum absolute atomic E-state index is 0.211. The van der Waals surface area contributed by atoms with Crippen molar-refractivity contribution >= 4 is 11.6 Å². The highest BCUT2D eigenvalue weighted by Gasteiger charge is 2.17. The van der Waals surface area contributed by atoms with Crippen LogP contribution in [0.2, 0.25) is 0 Å². The minimum Gasteiger partial charge on any atom is -0.457 e. The molecule has 0 saturated carbocycles. The number of fused-ring (bicyclic) bond motifs is 1. The zero-order valence-corrected chi connectivity index (χ0v) is 16.4. The first kappa shape index (κ1) is 18.2. The van der Waals surface area contributed by atoms with Gasteiger partial charge < -0.3 is 14.6 Å². The molecule has 1 amide bonds. The van der Waals surface area contributed by atoms with Gasteiger partial charge in [0.1, 0.15) is 17.3 Å². The number of ether oxygens (including phenoxy) is 1. The fourth-order valence-electron chi connectivity index (χ4n) is 3.80. The second-order valence-corrected chi connectivity index (χ2v) is 7.26. The van der Waals surface area contributed by atoms with Gasteiger partial charge in [-0.15, -0.1) is 0 Å². The molecule has 0 fully saturated rings. The number of nitrogens with zero attached hydrogens (tertiary/aromatic N) is 2. The Morgan fingerprint density at radius 1 is 0.967 bits per heavy atom. The van der Waals surface area contributed by atoms with Crippen molar-refractivity contribution in [1.29, 1.82) is 0 Å². The first-order valence-corrected chi connectivity index (χ1v) is 10.1. The number of nitrogens with one attached hydrogen (secondary N) is 1. The molecule has 0 spiro atoms. The van der Waals surface area contributed by atoms with E-state index in [0.29, 0.717) is 17.1 Å². The highest BCUT2D eigenvalue weighted by molar-refractivity contribution is 6.06. The van der Waals surface area contributed by atoms with Crippen molar-refractivity contribution < 1.29 is 9.53 Å². The summed E-state index contributed by atoms with van der Waals surface area (Å²) in [6.45, 7) is 0.992. The molecule has 2 heterocycles. The first-order chi connectivity index (χ1) is 14.8. The number of aryl methyl sites for hydroxylation is 1. The molecule has 1 N–H and O–H groups in total. The van der Waals surface area contributed by atoms with Crippen molar-refractivity contribution in [1.82, 2.24) is 9.55 Å². The number of benzene rings is 3. The van der Waals surface area contributed by atoms with Gasteiger partial charge in [-0.2, -0.15) is 0 Å². The summed E-state index contributed by atoms with van der Waals surface area (Å²) in [4.78, 5) is 17.5. The topological polar surface area (TPSA) is 56.2 Å². The van der Waals surface area contributed by atoms with E-state index in [1.807, 2.05) is 72.9 Å². The van der Waals surface area contributed by atoms with Crippen LogP contribution in [-0.2, 0) is 13.0 Å². The molecular weight excluding hydrogens is 374 g/mol. The van der Waals surface area contributed by atoms with E-state index in [0.717, 1.165) is 42.2 Å². The maximum absolute atomic E-state index is 13.0. The number of hydrogen-bond donors (Lipinski definition) is 1. The van der Waals surface area contributed by atoms with Crippen LogP contribution in [-0.4, -0.2) is 15.5 Å². The van der Waals surface area contributed by atoms with Gasteiger partial charge in [-0.1, -0.05) is 42.5 Å². The second kappa shape index (κ2) is 7.87. The van der Waals surface area contributed by atoms with Crippen LogP contribution in [0.25, 0.3) is 11.3 Å². The highest BCUT2D eigenvalue weighted by atomic mass is 16.5. The fourth-order valence-corrected chi connectivity index (χ4v) is 3.80. The summed E-state index contributed by atoms with van der Waals surface area (Å²) in [6, 6.07) is 24.6. The van der Waals surface area contributed by atoms with Crippen LogP contribution in [0.15, 0.2) is 85.1 Å². The van der Waals surface area contributed by atoms with Gasteiger partial charge in [-0.25, -0.2) is 4.98 Å². The van der Waals surface area contributed by atoms with E-state index >= 15 is 0 Å². The smallest absolute Gasteiger partial charge is 0.259 e. The van der Waals surface area contributed by atoms with Crippen LogP contribution in [0.3, 0.4) is 0 Å². The third-order valence-electron chi connectivity index (χ3n) is 5.24. The molecule has 0 unspecified atom stereocenters. The van der Waals surface area contributed by atoms with Gasteiger partial charge in [0.2, 0.25) is 0 Å². The zero-order chi connectivity index (χ0) is 20.3. The number of para-hydroxylation sites is 2. The van der Waals surface area contributed by atoms with Gasteiger partial charge in [0.15, 0.2) is 0 Å². The summed E-state index contributed by atoms with van der Waals surface area (Å²) < 4.78 is 8.18. The van der Waals surface area contributed by atoms with Crippen molar-refractivity contribution in [2.45, 2.75) is 19.4 Å². The Balaban J connectivity index is 1.39. The lowest BCUT2D eigenvalue weighted by atomic mass is 10.1. The van der Waals surface area contributed by atoms with Gasteiger partial charge in [0.25, 0.3) is 5.91 Å². The lowest BCUT2D eigenvalue weighted by molar-refractivity contribution is 0.102. The van der Waals surface area contributed by atoms with Gasteiger partial charge in [0, 0.05) is 24.2 Å². The van der Waals surface area contributed by atoms with Crippen molar-refractivity contribution in [3.8, 4) is 22.8 Å². The molecule has 0 aliphatic carbocycles. The maximum atomic E-state index is 13.0. The van der Waals surface area contributed by atoms with Gasteiger partial charge in [-0.3, -0.25) is 4.79 Å². The molecular formula is C25H21N3O2. The molecule has 5 nitrogen and oxygen atoms in total. The van der Waals surface area contributed by atoms with E-state index in [-0.39, 0.29) is 5.91 Å². The summed E-state index contributed by atoms with van der Waals surface area (Å²) in [5, 5.41) is 3.01. The molecule has 0 bridgehead atoms. The summed E-state index contributed by atoms with van der Waals surface area (Å²) in [5.74, 6) is 2.13. The minimum atomic E-state index is -0.211. The van der Waals surface area contributed by atoms with E-state index in [9.17, 15) is 4.79 Å². The number of carbonyl (C=O) groups is 1. The van der Waals surface area contributed by atoms with E-state index in [1.165, 1.54) is 0 Å². The second-order valence-electron chi connectivity index (χ2n) is 7.26. The third-order valence-corrected chi connectivity index (χ3v) is 5.24. The third kappa shape index (κ3) is 3.57. The highest BCUT2D eigenvalue weighted by Crippen LogP contribution is 2.29. The number of aromatic nitrogens is 2. The van der Waals surface area contributed by atoms with Crippen LogP contribution in [0, 0.1) is 0 Å². The SMILES string of the molecule is O=C(Nc1cccc(-c2cnc3n2CCC3)c1)c1ccccc1Oc1ccccc1. The van der Waals surface area contributed by atoms with Crippen molar-refractivity contribution in [2.75, 3.05) is 5.32 Å². The molecule has 1 aliphatic heterocycles. The van der Waals surface area contributed by atoms with Crippen molar-refractivity contribution in [3.05, 3.63) is 96.4 Å². The lowest BCUT2D eigenvalue weighted by Gasteiger charge is -2.12. The number of imidazole rings is 1. The molecule has 148 valence electrons. The Kier molecular flexibility index (Phi) is 4.77. The van der Waals surface area contributed by atoms with Crippen molar-refractivity contribution in [3.63, 3.8) is 0 Å². The Hall–Kier alpha value is -3.86. The summed E-state index contributed by atoms with van der Waals surface area (Å²) in [7, 11) is 0. The quantitative estimate of drug-likeness (QED) is 0.483. The van der Waals surface area contributed by atoms with Crippen LogP contribution in [0.1, 0.15) is 22.6 Å². The van der Waals surface area contributed by atoms with Crippen LogP contribution < -0.4 is 10.1 Å². The lowest BCUT2D eigenvalue weighted by Crippen LogP contribution is -2.13. The monoisotopic (exact) mass is 395 g/mol. The number of amides is 1. The summed E-state index contributed by atoms with van der Waals surface area (Å²) in [5.41, 5.74) is 3.35. The Morgan fingerprint density at radius 2 is 1.80 bits per heavy atom. The number of hydrogen-bond acceptors (Lipinski definition) is 3. The van der Waals surface area contributed by atoms with E-state index in [2.05, 4.69) is 14.9 Å². The molecule has 3 aromatic carbocycles. The molecule has 5 rings (SSSR count). The van der Waals surface area contributed by atoms with Crippen molar-refractivity contribution in [2.24, 2.45) is 0 Å². The number of rotatable bonds is 5. The van der Waals surface area contributed by atoms with Gasteiger partial charge >= 0.3 is 0 Å². The molecule has 30 heavy (non-hydrogen) atoms. The normalized spacial score (nSPS) is 12.4. The predicted molar refractivity (Wildman–Crippen MR) is 117 cm³/mol. The average molecular weight is 395 g/mol. The molecule has 0 saturated heterocycles. The largest absolute Gasteiger partial charge is 0.457 e. The zero-order valence-electron chi connectivity index (χ0n) is 16.4. The van der Waals surface area contributed by atoms with Gasteiger partial charge in [0.05, 0.1) is 17.5 Å². The van der Waals surface area contributed by atoms with Crippen LogP contribution in [0.5, 0.6) is 11.5 Å². The average Bonchev–Trinajstić information content (AvgIpc) is 3.39. The maximum Gasteiger partial charge on any atom is 0.259 e. The fraction of sp³-hybridized carbons (Fsp3) is 0.120.